The number of benzene rings is 2. The number of hydrogen-bond donors (Lipinski definition) is 0. The Morgan fingerprint density at radius 2 is 1.94 bits per heavy atom. The number of amides is 1. The standard InChI is InChI=1S/C28H30N4O3/c1-20-18-35-26-12-11-22(34-2)16-24(26)28(33)32(20)15-6-5-13-31-14-7-8-21(17-31)27-23-9-3-4-10-25(23)29-19-30-27/h3-4,8-12,16,18-19H,5-7,13-15,17H2,1-2H3. The van der Waals surface area contributed by atoms with Gasteiger partial charge in [-0.2, -0.15) is 0 Å². The summed E-state index contributed by atoms with van der Waals surface area (Å²) in [7, 11) is 1.60. The fourth-order valence-corrected chi connectivity index (χ4v) is 4.74. The fourth-order valence-electron chi connectivity index (χ4n) is 4.74. The molecule has 0 saturated carbocycles. The van der Waals surface area contributed by atoms with Crippen LogP contribution in [0.25, 0.3) is 16.5 Å². The number of carbonyl (C=O) groups is 1. The van der Waals surface area contributed by atoms with Gasteiger partial charge in [0.2, 0.25) is 0 Å². The molecule has 1 amide bonds. The molecule has 0 bridgehead atoms. The van der Waals surface area contributed by atoms with Gasteiger partial charge < -0.3 is 14.4 Å². The molecule has 180 valence electrons. The average molecular weight is 471 g/mol. The van der Waals surface area contributed by atoms with Gasteiger partial charge in [0.05, 0.1) is 29.6 Å². The van der Waals surface area contributed by atoms with E-state index in [0.717, 1.165) is 61.2 Å². The molecule has 0 fully saturated rings. The molecular weight excluding hydrogens is 440 g/mol. The normalized spacial score (nSPS) is 16.3. The van der Waals surface area contributed by atoms with Crippen LogP contribution in [0.15, 0.2) is 66.8 Å². The minimum Gasteiger partial charge on any atom is -0.497 e. The van der Waals surface area contributed by atoms with Gasteiger partial charge in [0.1, 0.15) is 24.1 Å². The van der Waals surface area contributed by atoms with Crippen LogP contribution < -0.4 is 9.47 Å². The summed E-state index contributed by atoms with van der Waals surface area (Å²) in [4.78, 5) is 26.5. The Hall–Kier alpha value is -3.71. The number of hydrogen-bond acceptors (Lipinski definition) is 6. The van der Waals surface area contributed by atoms with Crippen LogP contribution in [0.2, 0.25) is 0 Å². The predicted octanol–water partition coefficient (Wildman–Crippen LogP) is 4.90. The summed E-state index contributed by atoms with van der Waals surface area (Å²) in [5.41, 5.74) is 4.61. The quantitative estimate of drug-likeness (QED) is 0.458. The first-order chi connectivity index (χ1) is 17.1. The van der Waals surface area contributed by atoms with Crippen LogP contribution in [0.4, 0.5) is 0 Å². The Morgan fingerprint density at radius 3 is 2.83 bits per heavy atom. The van der Waals surface area contributed by atoms with E-state index in [2.05, 4.69) is 27.0 Å². The zero-order chi connectivity index (χ0) is 24.2. The minimum absolute atomic E-state index is 0.0519. The Morgan fingerprint density at radius 1 is 1.09 bits per heavy atom. The fraction of sp³-hybridized carbons (Fsp3) is 0.321. The first-order valence-corrected chi connectivity index (χ1v) is 12.1. The number of methoxy groups -OCH3 is 1. The van der Waals surface area contributed by atoms with Gasteiger partial charge in [-0.05, 0) is 62.6 Å². The van der Waals surface area contributed by atoms with Gasteiger partial charge in [0.15, 0.2) is 0 Å². The largest absolute Gasteiger partial charge is 0.497 e. The molecule has 35 heavy (non-hydrogen) atoms. The van der Waals surface area contributed by atoms with Crippen molar-refractivity contribution in [3.8, 4) is 11.5 Å². The van der Waals surface area contributed by atoms with Gasteiger partial charge in [-0.3, -0.25) is 9.69 Å². The van der Waals surface area contributed by atoms with E-state index < -0.39 is 0 Å². The van der Waals surface area contributed by atoms with E-state index in [-0.39, 0.29) is 5.91 Å². The predicted molar refractivity (Wildman–Crippen MR) is 136 cm³/mol. The molecule has 3 heterocycles. The van der Waals surface area contributed by atoms with Crippen LogP contribution in [0.5, 0.6) is 11.5 Å². The van der Waals surface area contributed by atoms with Gasteiger partial charge in [-0.1, -0.05) is 24.3 Å². The van der Waals surface area contributed by atoms with Crippen molar-refractivity contribution in [1.29, 1.82) is 0 Å². The molecule has 0 unspecified atom stereocenters. The second-order valence-electron chi connectivity index (χ2n) is 8.94. The van der Waals surface area contributed by atoms with Crippen LogP contribution in [0.3, 0.4) is 0 Å². The maximum Gasteiger partial charge on any atom is 0.262 e. The van der Waals surface area contributed by atoms with E-state index >= 15 is 0 Å². The summed E-state index contributed by atoms with van der Waals surface area (Å²) in [5.74, 6) is 1.15. The maximum atomic E-state index is 13.2. The third-order valence-corrected chi connectivity index (χ3v) is 6.63. The van der Waals surface area contributed by atoms with E-state index in [1.54, 1.807) is 42.8 Å². The van der Waals surface area contributed by atoms with E-state index in [1.807, 2.05) is 25.1 Å². The number of para-hydroxylation sites is 1. The van der Waals surface area contributed by atoms with Gasteiger partial charge >= 0.3 is 0 Å². The van der Waals surface area contributed by atoms with Crippen molar-refractivity contribution in [2.24, 2.45) is 0 Å². The van der Waals surface area contributed by atoms with Crippen LogP contribution in [-0.4, -0.2) is 59.0 Å². The number of fused-ring (bicyclic) bond motifs is 2. The van der Waals surface area contributed by atoms with E-state index in [4.69, 9.17) is 9.47 Å². The summed E-state index contributed by atoms with van der Waals surface area (Å²) in [6.45, 7) is 5.45. The number of rotatable bonds is 7. The van der Waals surface area contributed by atoms with Crippen molar-refractivity contribution in [3.63, 3.8) is 0 Å². The first-order valence-electron chi connectivity index (χ1n) is 12.1. The highest BCUT2D eigenvalue weighted by atomic mass is 16.5. The molecule has 0 N–H and O–H groups in total. The monoisotopic (exact) mass is 470 g/mol. The van der Waals surface area contributed by atoms with Crippen molar-refractivity contribution < 1.29 is 14.3 Å². The van der Waals surface area contributed by atoms with E-state index in [0.29, 0.717) is 23.6 Å². The van der Waals surface area contributed by atoms with Crippen LogP contribution >= 0.6 is 0 Å². The third-order valence-electron chi connectivity index (χ3n) is 6.63. The molecule has 7 heteroatoms. The summed E-state index contributed by atoms with van der Waals surface area (Å²) >= 11 is 0. The first kappa shape index (κ1) is 23.1. The maximum absolute atomic E-state index is 13.2. The molecule has 1 aromatic heterocycles. The third kappa shape index (κ3) is 4.91. The van der Waals surface area contributed by atoms with E-state index in [1.165, 1.54) is 5.57 Å². The topological polar surface area (TPSA) is 67.8 Å². The Kier molecular flexibility index (Phi) is 6.77. The molecule has 2 aliphatic heterocycles. The van der Waals surface area contributed by atoms with Crippen molar-refractivity contribution in [1.82, 2.24) is 19.8 Å². The minimum atomic E-state index is -0.0519. The number of ether oxygens (including phenoxy) is 2. The van der Waals surface area contributed by atoms with Crippen molar-refractivity contribution in [2.75, 3.05) is 33.3 Å². The van der Waals surface area contributed by atoms with Gasteiger partial charge in [0, 0.05) is 25.0 Å². The Bertz CT molecular complexity index is 1300. The number of unbranched alkanes of at least 4 members (excludes halogenated alkanes) is 1. The van der Waals surface area contributed by atoms with Crippen molar-refractivity contribution in [2.45, 2.75) is 26.2 Å². The average Bonchev–Trinajstić information content (AvgIpc) is 3.02. The molecule has 2 aromatic carbocycles. The SMILES string of the molecule is COc1ccc2c(c1)C(=O)N(CCCCN1CCC=C(c3ncnc4ccccc34)C1)C(C)=CO2. The summed E-state index contributed by atoms with van der Waals surface area (Å²) in [5, 5.41) is 1.10. The highest BCUT2D eigenvalue weighted by Gasteiger charge is 2.25. The lowest BCUT2D eigenvalue weighted by atomic mass is 10.0. The summed E-state index contributed by atoms with van der Waals surface area (Å²) in [6.07, 6.45) is 8.53. The zero-order valence-corrected chi connectivity index (χ0v) is 20.2. The molecule has 0 saturated heterocycles. The molecule has 5 rings (SSSR count). The molecule has 0 radical (unpaired) electrons. The molecule has 3 aromatic rings. The lowest BCUT2D eigenvalue weighted by Gasteiger charge is -2.28. The molecule has 0 spiro atoms. The number of aromatic nitrogens is 2. The second kappa shape index (κ2) is 10.3. The van der Waals surface area contributed by atoms with Crippen molar-refractivity contribution >= 4 is 22.4 Å². The van der Waals surface area contributed by atoms with Crippen LogP contribution in [0, 0.1) is 0 Å². The highest BCUT2D eigenvalue weighted by Crippen LogP contribution is 2.30. The lowest BCUT2D eigenvalue weighted by molar-refractivity contribution is 0.0804. The summed E-state index contributed by atoms with van der Waals surface area (Å²) in [6, 6.07) is 13.5. The number of nitrogens with zero attached hydrogens (tertiary/aromatic N) is 4. The molecule has 2 aliphatic rings. The van der Waals surface area contributed by atoms with Crippen LogP contribution in [0.1, 0.15) is 42.2 Å². The van der Waals surface area contributed by atoms with Gasteiger partial charge in [-0.15, -0.1) is 0 Å². The zero-order valence-electron chi connectivity index (χ0n) is 20.2. The van der Waals surface area contributed by atoms with Crippen molar-refractivity contribution in [3.05, 3.63) is 78.1 Å². The number of allylic oxidation sites excluding steroid dienone is 1. The van der Waals surface area contributed by atoms with Gasteiger partial charge in [-0.25, -0.2) is 9.97 Å². The second-order valence-corrected chi connectivity index (χ2v) is 8.94. The lowest BCUT2D eigenvalue weighted by Crippen LogP contribution is -2.32. The smallest absolute Gasteiger partial charge is 0.262 e. The molecule has 0 aliphatic carbocycles. The molecular formula is C28H30N4O3. The van der Waals surface area contributed by atoms with Crippen LogP contribution in [-0.2, 0) is 0 Å². The number of carbonyl (C=O) groups excluding carboxylic acids is 1. The Labute approximate surface area is 205 Å². The molecule has 7 nitrogen and oxygen atoms in total. The Balaban J connectivity index is 1.19. The summed E-state index contributed by atoms with van der Waals surface area (Å²) < 4.78 is 11.0. The highest BCUT2D eigenvalue weighted by molar-refractivity contribution is 5.98. The van der Waals surface area contributed by atoms with E-state index in [9.17, 15) is 4.79 Å². The van der Waals surface area contributed by atoms with Gasteiger partial charge in [0.25, 0.3) is 5.91 Å². The molecule has 0 atom stereocenters.